The number of carbonyl (C=O) groups excluding carboxylic acids is 1. The predicted molar refractivity (Wildman–Crippen MR) is 84.4 cm³/mol. The van der Waals surface area contributed by atoms with Gasteiger partial charge in [0.05, 0.1) is 18.7 Å². The first-order valence-electron chi connectivity index (χ1n) is 7.12. The number of unbranched alkanes of at least 4 members (excludes halogenated alkanes) is 1. The number of hydrogen-bond acceptors (Lipinski definition) is 4. The van der Waals surface area contributed by atoms with Crippen LogP contribution in [0.2, 0.25) is 5.02 Å². The fourth-order valence-electron chi connectivity index (χ4n) is 1.72. The molecule has 118 valence electrons. The Morgan fingerprint density at radius 2 is 2.14 bits per heavy atom. The van der Waals surface area contributed by atoms with Crippen molar-refractivity contribution in [2.24, 2.45) is 5.73 Å². The molecule has 0 aromatic heterocycles. The Hall–Kier alpha value is -1.46. The molecule has 0 aliphatic heterocycles. The zero-order valence-electron chi connectivity index (χ0n) is 12.6. The lowest BCUT2D eigenvalue weighted by atomic mass is 10.2. The van der Waals surface area contributed by atoms with Crippen LogP contribution < -0.4 is 20.5 Å². The topological polar surface area (TPSA) is 73.6 Å². The Morgan fingerprint density at radius 1 is 1.38 bits per heavy atom. The standard InChI is InChI=1S/C15H23ClN2O3/c1-3-4-8-21-14-12(16)9-11(10-13(14)20-2)15(19)18-7-5-6-17/h9-10H,3-8,17H2,1-2H3,(H,18,19). The van der Waals surface area contributed by atoms with Crippen LogP contribution >= 0.6 is 11.6 Å². The molecule has 0 aliphatic rings. The molecule has 0 heterocycles. The summed E-state index contributed by atoms with van der Waals surface area (Å²) in [4.78, 5) is 12.0. The van der Waals surface area contributed by atoms with Crippen molar-refractivity contribution in [1.82, 2.24) is 5.32 Å². The van der Waals surface area contributed by atoms with Crippen molar-refractivity contribution in [3.63, 3.8) is 0 Å². The second-order valence-electron chi connectivity index (χ2n) is 4.59. The summed E-state index contributed by atoms with van der Waals surface area (Å²) in [5.74, 6) is 0.734. The van der Waals surface area contributed by atoms with Crippen LogP contribution in [0.4, 0.5) is 0 Å². The molecule has 6 heteroatoms. The molecule has 0 radical (unpaired) electrons. The van der Waals surface area contributed by atoms with Crippen molar-refractivity contribution in [3.05, 3.63) is 22.7 Å². The van der Waals surface area contributed by atoms with Crippen LogP contribution in [0.25, 0.3) is 0 Å². The number of nitrogens with two attached hydrogens (primary N) is 1. The largest absolute Gasteiger partial charge is 0.493 e. The van der Waals surface area contributed by atoms with E-state index >= 15 is 0 Å². The van der Waals surface area contributed by atoms with Gasteiger partial charge in [0.1, 0.15) is 0 Å². The average Bonchev–Trinajstić information content (AvgIpc) is 2.48. The fourth-order valence-corrected chi connectivity index (χ4v) is 1.98. The van der Waals surface area contributed by atoms with E-state index in [9.17, 15) is 4.79 Å². The van der Waals surface area contributed by atoms with Gasteiger partial charge in [-0.3, -0.25) is 4.79 Å². The van der Waals surface area contributed by atoms with Gasteiger partial charge >= 0.3 is 0 Å². The summed E-state index contributed by atoms with van der Waals surface area (Å²) < 4.78 is 10.9. The Labute approximate surface area is 130 Å². The van der Waals surface area contributed by atoms with E-state index in [4.69, 9.17) is 26.8 Å². The van der Waals surface area contributed by atoms with E-state index in [1.807, 2.05) is 0 Å². The Kier molecular flexibility index (Phi) is 7.93. The van der Waals surface area contributed by atoms with Gasteiger partial charge in [-0.25, -0.2) is 0 Å². The lowest BCUT2D eigenvalue weighted by molar-refractivity contribution is 0.0953. The molecular weight excluding hydrogens is 292 g/mol. The van der Waals surface area contributed by atoms with E-state index in [0.717, 1.165) is 19.3 Å². The summed E-state index contributed by atoms with van der Waals surface area (Å²) in [5, 5.41) is 3.15. The second kappa shape index (κ2) is 9.47. The molecule has 1 rings (SSSR count). The molecule has 1 aromatic carbocycles. The molecule has 0 aliphatic carbocycles. The SMILES string of the molecule is CCCCOc1c(Cl)cc(C(=O)NCCCN)cc1OC. The maximum absolute atomic E-state index is 12.0. The average molecular weight is 315 g/mol. The number of ether oxygens (including phenoxy) is 2. The fraction of sp³-hybridized carbons (Fsp3) is 0.533. The molecule has 0 fully saturated rings. The van der Waals surface area contributed by atoms with Crippen LogP contribution in [0.1, 0.15) is 36.5 Å². The first-order chi connectivity index (χ1) is 10.1. The maximum atomic E-state index is 12.0. The van der Waals surface area contributed by atoms with E-state index in [1.54, 1.807) is 12.1 Å². The van der Waals surface area contributed by atoms with E-state index in [2.05, 4.69) is 12.2 Å². The molecule has 21 heavy (non-hydrogen) atoms. The van der Waals surface area contributed by atoms with E-state index in [-0.39, 0.29) is 5.91 Å². The highest BCUT2D eigenvalue weighted by Gasteiger charge is 2.15. The molecule has 0 spiro atoms. The molecule has 0 saturated carbocycles. The Morgan fingerprint density at radius 3 is 2.76 bits per heavy atom. The Bertz CT molecular complexity index is 466. The van der Waals surface area contributed by atoms with Gasteiger partial charge in [-0.05, 0) is 31.5 Å². The third kappa shape index (κ3) is 5.44. The number of nitrogens with one attached hydrogen (secondary N) is 1. The van der Waals surface area contributed by atoms with Crippen LogP contribution in [-0.2, 0) is 0 Å². The zero-order chi connectivity index (χ0) is 15.7. The van der Waals surface area contributed by atoms with Gasteiger partial charge in [0.15, 0.2) is 11.5 Å². The number of halogens is 1. The number of hydrogen-bond donors (Lipinski definition) is 2. The molecule has 1 amide bonds. The highest BCUT2D eigenvalue weighted by molar-refractivity contribution is 6.32. The number of amides is 1. The number of rotatable bonds is 9. The Balaban J connectivity index is 2.84. The van der Waals surface area contributed by atoms with E-state index < -0.39 is 0 Å². The van der Waals surface area contributed by atoms with Crippen molar-refractivity contribution >= 4 is 17.5 Å². The number of carbonyl (C=O) groups is 1. The minimum Gasteiger partial charge on any atom is -0.493 e. The second-order valence-corrected chi connectivity index (χ2v) is 5.00. The van der Waals surface area contributed by atoms with Crippen LogP contribution in [0.5, 0.6) is 11.5 Å². The number of methoxy groups -OCH3 is 1. The molecule has 0 unspecified atom stereocenters. The van der Waals surface area contributed by atoms with Gasteiger partial charge in [-0.1, -0.05) is 24.9 Å². The normalized spacial score (nSPS) is 10.3. The van der Waals surface area contributed by atoms with E-state index in [1.165, 1.54) is 7.11 Å². The van der Waals surface area contributed by atoms with E-state index in [0.29, 0.717) is 41.8 Å². The maximum Gasteiger partial charge on any atom is 0.251 e. The minimum atomic E-state index is -0.205. The molecular formula is C15H23ClN2O3. The van der Waals surface area contributed by atoms with Crippen molar-refractivity contribution in [3.8, 4) is 11.5 Å². The van der Waals surface area contributed by atoms with Gasteiger partial charge in [-0.2, -0.15) is 0 Å². The highest BCUT2D eigenvalue weighted by Crippen LogP contribution is 2.36. The minimum absolute atomic E-state index is 0.205. The molecule has 3 N–H and O–H groups in total. The van der Waals surface area contributed by atoms with Crippen molar-refractivity contribution in [1.29, 1.82) is 0 Å². The zero-order valence-corrected chi connectivity index (χ0v) is 13.3. The van der Waals surface area contributed by atoms with Gasteiger partial charge in [-0.15, -0.1) is 0 Å². The molecule has 5 nitrogen and oxygen atoms in total. The number of benzene rings is 1. The summed E-state index contributed by atoms with van der Waals surface area (Å²) >= 11 is 6.19. The molecule has 0 atom stereocenters. The van der Waals surface area contributed by atoms with Crippen LogP contribution in [-0.4, -0.2) is 32.7 Å². The summed E-state index contributed by atoms with van der Waals surface area (Å²) in [6.45, 7) is 3.71. The van der Waals surface area contributed by atoms with Crippen LogP contribution in [0, 0.1) is 0 Å². The molecule has 0 bridgehead atoms. The van der Waals surface area contributed by atoms with Crippen molar-refractivity contribution in [2.75, 3.05) is 26.8 Å². The summed E-state index contributed by atoms with van der Waals surface area (Å²) in [6.07, 6.45) is 2.69. The quantitative estimate of drug-likeness (QED) is 0.687. The first-order valence-corrected chi connectivity index (χ1v) is 7.50. The van der Waals surface area contributed by atoms with Crippen molar-refractivity contribution < 1.29 is 14.3 Å². The van der Waals surface area contributed by atoms with Gasteiger partial charge in [0.2, 0.25) is 0 Å². The smallest absolute Gasteiger partial charge is 0.251 e. The summed E-state index contributed by atoms with van der Waals surface area (Å²) in [5.41, 5.74) is 5.83. The lowest BCUT2D eigenvalue weighted by Gasteiger charge is -2.14. The summed E-state index contributed by atoms with van der Waals surface area (Å²) in [7, 11) is 1.52. The highest BCUT2D eigenvalue weighted by atomic mass is 35.5. The molecule has 0 saturated heterocycles. The first kappa shape index (κ1) is 17.6. The molecule has 1 aromatic rings. The van der Waals surface area contributed by atoms with Gasteiger partial charge in [0.25, 0.3) is 5.91 Å². The monoisotopic (exact) mass is 314 g/mol. The van der Waals surface area contributed by atoms with Crippen molar-refractivity contribution in [2.45, 2.75) is 26.2 Å². The van der Waals surface area contributed by atoms with Gasteiger partial charge < -0.3 is 20.5 Å². The third-order valence-corrected chi connectivity index (χ3v) is 3.18. The predicted octanol–water partition coefficient (Wildman–Crippen LogP) is 2.61. The van der Waals surface area contributed by atoms with Crippen LogP contribution in [0.3, 0.4) is 0 Å². The van der Waals surface area contributed by atoms with Crippen LogP contribution in [0.15, 0.2) is 12.1 Å². The third-order valence-electron chi connectivity index (χ3n) is 2.90. The lowest BCUT2D eigenvalue weighted by Crippen LogP contribution is -2.26. The van der Waals surface area contributed by atoms with Gasteiger partial charge in [0, 0.05) is 12.1 Å². The summed E-state index contributed by atoms with van der Waals surface area (Å²) in [6, 6.07) is 3.22.